The molecule has 1 N–H and O–H groups in total. The summed E-state index contributed by atoms with van der Waals surface area (Å²) in [6.07, 6.45) is 1.04. The maximum atomic E-state index is 12.6. The third-order valence-corrected chi connectivity index (χ3v) is 5.34. The van der Waals surface area contributed by atoms with E-state index in [1.807, 2.05) is 0 Å². The third kappa shape index (κ3) is 4.12. The van der Waals surface area contributed by atoms with E-state index >= 15 is 0 Å². The number of nitro groups is 1. The molecule has 0 spiro atoms. The van der Waals surface area contributed by atoms with E-state index < -0.39 is 20.9 Å². The number of nitro benzene ring substituents is 1. The first-order chi connectivity index (χ1) is 12.0. The number of carbonyl (C=O) groups is 1. The van der Waals surface area contributed by atoms with E-state index in [1.165, 1.54) is 50.4 Å². The van der Waals surface area contributed by atoms with Crippen molar-refractivity contribution < 1.29 is 18.1 Å². The highest BCUT2D eigenvalue weighted by molar-refractivity contribution is 7.92. The normalized spacial score (nSPS) is 11.1. The summed E-state index contributed by atoms with van der Waals surface area (Å²) in [6, 6.07) is 8.54. The zero-order valence-electron chi connectivity index (χ0n) is 14.2. The molecule has 0 fully saturated rings. The predicted molar refractivity (Wildman–Crippen MR) is 100 cm³/mol. The van der Waals surface area contributed by atoms with Crippen LogP contribution in [0.3, 0.4) is 0 Å². The molecule has 0 aliphatic rings. The lowest BCUT2D eigenvalue weighted by Gasteiger charge is -2.18. The van der Waals surface area contributed by atoms with Gasteiger partial charge in [-0.15, -0.1) is 0 Å². The second kappa shape index (κ2) is 7.30. The number of nitrogens with zero attached hydrogens (tertiary/aromatic N) is 2. The molecule has 2 aromatic carbocycles. The highest BCUT2D eigenvalue weighted by Crippen LogP contribution is 2.28. The number of rotatable bonds is 5. The molecule has 138 valence electrons. The summed E-state index contributed by atoms with van der Waals surface area (Å²) in [5.41, 5.74) is 0.747. The van der Waals surface area contributed by atoms with Crippen LogP contribution in [0.1, 0.15) is 15.9 Å². The van der Waals surface area contributed by atoms with Crippen LogP contribution in [0.2, 0.25) is 5.02 Å². The van der Waals surface area contributed by atoms with Crippen molar-refractivity contribution in [1.29, 1.82) is 0 Å². The quantitative estimate of drug-likeness (QED) is 0.615. The second-order valence-electron chi connectivity index (χ2n) is 5.56. The van der Waals surface area contributed by atoms with Crippen LogP contribution in [0, 0.1) is 17.0 Å². The first-order valence-electron chi connectivity index (χ1n) is 7.31. The van der Waals surface area contributed by atoms with E-state index in [4.69, 9.17) is 11.6 Å². The van der Waals surface area contributed by atoms with Crippen molar-refractivity contribution in [1.82, 2.24) is 0 Å². The Morgan fingerprint density at radius 2 is 1.92 bits per heavy atom. The summed E-state index contributed by atoms with van der Waals surface area (Å²) in [5, 5.41) is 13.7. The number of anilines is 2. The molecular weight excluding hydrogens is 382 g/mol. The molecule has 26 heavy (non-hydrogen) atoms. The van der Waals surface area contributed by atoms with Crippen molar-refractivity contribution in [2.45, 2.75) is 6.92 Å². The van der Waals surface area contributed by atoms with Gasteiger partial charge in [-0.2, -0.15) is 0 Å². The van der Waals surface area contributed by atoms with Gasteiger partial charge in [0.05, 0.1) is 38.7 Å². The standard InChI is InChI=1S/C16H16ClN3O5S/c1-10-14(5-4-6-15(10)20(22)23)18-16(21)12-9-11(7-8-13(12)17)19(2)26(3,24)25/h4-9H,1-3H3,(H,18,21). The molecule has 1 amide bonds. The first-order valence-corrected chi connectivity index (χ1v) is 9.54. The fourth-order valence-electron chi connectivity index (χ4n) is 2.22. The van der Waals surface area contributed by atoms with Gasteiger partial charge in [0.15, 0.2) is 0 Å². The molecule has 0 atom stereocenters. The van der Waals surface area contributed by atoms with Gasteiger partial charge in [0.1, 0.15) is 0 Å². The molecule has 10 heteroatoms. The van der Waals surface area contributed by atoms with Gasteiger partial charge < -0.3 is 5.32 Å². The van der Waals surface area contributed by atoms with Crippen LogP contribution in [-0.2, 0) is 10.0 Å². The number of amides is 1. The van der Waals surface area contributed by atoms with Crippen molar-refractivity contribution in [2.75, 3.05) is 22.9 Å². The van der Waals surface area contributed by atoms with Crippen molar-refractivity contribution in [2.24, 2.45) is 0 Å². The highest BCUT2D eigenvalue weighted by Gasteiger charge is 2.19. The summed E-state index contributed by atoms with van der Waals surface area (Å²) >= 11 is 6.06. The van der Waals surface area contributed by atoms with Gasteiger partial charge in [0.2, 0.25) is 10.0 Å². The molecule has 0 heterocycles. The van der Waals surface area contributed by atoms with Crippen LogP contribution >= 0.6 is 11.6 Å². The van der Waals surface area contributed by atoms with Crippen LogP contribution in [-0.4, -0.2) is 32.6 Å². The fourth-order valence-corrected chi connectivity index (χ4v) is 2.92. The average Bonchev–Trinajstić information content (AvgIpc) is 2.55. The third-order valence-electron chi connectivity index (χ3n) is 3.81. The molecule has 2 aromatic rings. The number of halogens is 1. The van der Waals surface area contributed by atoms with Gasteiger partial charge >= 0.3 is 0 Å². The Kier molecular flexibility index (Phi) is 5.53. The highest BCUT2D eigenvalue weighted by atomic mass is 35.5. The second-order valence-corrected chi connectivity index (χ2v) is 7.98. The van der Waals surface area contributed by atoms with E-state index in [9.17, 15) is 23.3 Å². The lowest BCUT2D eigenvalue weighted by Crippen LogP contribution is -2.25. The minimum Gasteiger partial charge on any atom is -0.321 e. The molecule has 0 saturated carbocycles. The largest absolute Gasteiger partial charge is 0.321 e. The predicted octanol–water partition coefficient (Wildman–Crippen LogP) is 3.20. The summed E-state index contributed by atoms with van der Waals surface area (Å²) in [4.78, 5) is 23.0. The topological polar surface area (TPSA) is 110 Å². The Labute approximate surface area is 155 Å². The Morgan fingerprint density at radius 3 is 2.50 bits per heavy atom. The Bertz CT molecular complexity index is 991. The van der Waals surface area contributed by atoms with Crippen LogP contribution in [0.25, 0.3) is 0 Å². The van der Waals surface area contributed by atoms with Crippen molar-refractivity contribution >= 4 is 44.6 Å². The lowest BCUT2D eigenvalue weighted by molar-refractivity contribution is -0.385. The van der Waals surface area contributed by atoms with Gasteiger partial charge in [-0.25, -0.2) is 8.42 Å². The van der Waals surface area contributed by atoms with Crippen LogP contribution in [0.15, 0.2) is 36.4 Å². The molecule has 0 unspecified atom stereocenters. The maximum Gasteiger partial charge on any atom is 0.274 e. The number of carbonyl (C=O) groups excluding carboxylic acids is 1. The van der Waals surface area contributed by atoms with Crippen LogP contribution in [0.4, 0.5) is 17.1 Å². The Morgan fingerprint density at radius 1 is 1.27 bits per heavy atom. The van der Waals surface area contributed by atoms with Crippen molar-refractivity contribution in [3.63, 3.8) is 0 Å². The molecule has 0 bridgehead atoms. The van der Waals surface area contributed by atoms with Crippen LogP contribution in [0.5, 0.6) is 0 Å². The number of benzene rings is 2. The first kappa shape index (κ1) is 19.7. The van der Waals surface area contributed by atoms with E-state index in [2.05, 4.69) is 5.32 Å². The van der Waals surface area contributed by atoms with E-state index in [0.29, 0.717) is 5.56 Å². The molecule has 8 nitrogen and oxygen atoms in total. The average molecular weight is 398 g/mol. The van der Waals surface area contributed by atoms with Crippen molar-refractivity contribution in [3.8, 4) is 0 Å². The zero-order chi connectivity index (χ0) is 19.6. The summed E-state index contributed by atoms with van der Waals surface area (Å²) in [7, 11) is -2.16. The monoisotopic (exact) mass is 397 g/mol. The molecular formula is C16H16ClN3O5S. The van der Waals surface area contributed by atoms with Crippen LogP contribution < -0.4 is 9.62 Å². The van der Waals surface area contributed by atoms with Gasteiger partial charge in [-0.3, -0.25) is 19.2 Å². The molecule has 0 saturated heterocycles. The summed E-state index contributed by atoms with van der Waals surface area (Å²) in [6.45, 7) is 1.52. The van der Waals surface area contributed by atoms with Gasteiger partial charge in [-0.05, 0) is 31.2 Å². The number of nitrogens with one attached hydrogen (secondary N) is 1. The van der Waals surface area contributed by atoms with Crippen molar-refractivity contribution in [3.05, 3.63) is 62.7 Å². The fraction of sp³-hybridized carbons (Fsp3) is 0.188. The van der Waals surface area contributed by atoms with E-state index in [0.717, 1.165) is 10.6 Å². The van der Waals surface area contributed by atoms with Gasteiger partial charge in [0.25, 0.3) is 11.6 Å². The van der Waals surface area contributed by atoms with Gasteiger partial charge in [0, 0.05) is 13.1 Å². The zero-order valence-corrected chi connectivity index (χ0v) is 15.8. The van der Waals surface area contributed by atoms with Gasteiger partial charge in [-0.1, -0.05) is 17.7 Å². The SMILES string of the molecule is Cc1c(NC(=O)c2cc(N(C)S(C)(=O)=O)ccc2Cl)cccc1[N+](=O)[O-]. The molecule has 0 radical (unpaired) electrons. The smallest absolute Gasteiger partial charge is 0.274 e. The Hall–Kier alpha value is -2.65. The number of hydrogen-bond donors (Lipinski definition) is 1. The molecule has 0 aliphatic carbocycles. The Balaban J connectivity index is 2.39. The van der Waals surface area contributed by atoms with E-state index in [1.54, 1.807) is 0 Å². The maximum absolute atomic E-state index is 12.6. The number of sulfonamides is 1. The molecule has 0 aliphatic heterocycles. The molecule has 0 aromatic heterocycles. The summed E-state index contributed by atoms with van der Waals surface area (Å²) < 4.78 is 24.3. The number of hydrogen-bond acceptors (Lipinski definition) is 5. The lowest BCUT2D eigenvalue weighted by atomic mass is 10.1. The van der Waals surface area contributed by atoms with E-state index in [-0.39, 0.29) is 27.6 Å². The molecule has 2 rings (SSSR count). The summed E-state index contributed by atoms with van der Waals surface area (Å²) in [5.74, 6) is -0.609. The minimum absolute atomic E-state index is 0.0468. The minimum atomic E-state index is -3.51.